The van der Waals surface area contributed by atoms with Gasteiger partial charge in [-0.3, -0.25) is 0 Å². The van der Waals surface area contributed by atoms with Crippen LogP contribution in [-0.4, -0.2) is 13.7 Å². The Morgan fingerprint density at radius 1 is 1.05 bits per heavy atom. The summed E-state index contributed by atoms with van der Waals surface area (Å²) in [6.07, 6.45) is 0. The summed E-state index contributed by atoms with van der Waals surface area (Å²) in [6, 6.07) is 14.2. The minimum absolute atomic E-state index is 0.674. The van der Waals surface area contributed by atoms with Gasteiger partial charge in [0.2, 0.25) is 0 Å². The lowest BCUT2D eigenvalue weighted by Gasteiger charge is -2.12. The van der Waals surface area contributed by atoms with Gasteiger partial charge in [0.05, 0.1) is 13.7 Å². The molecule has 0 aliphatic heterocycles. The summed E-state index contributed by atoms with van der Waals surface area (Å²) in [5, 5.41) is 3.44. The van der Waals surface area contributed by atoms with Gasteiger partial charge in [0.25, 0.3) is 0 Å². The third kappa shape index (κ3) is 4.76. The predicted molar refractivity (Wildman–Crippen MR) is 88.8 cm³/mol. The lowest BCUT2D eigenvalue weighted by Crippen LogP contribution is -2.13. The van der Waals surface area contributed by atoms with Crippen LogP contribution in [0.15, 0.2) is 46.9 Å². The minimum Gasteiger partial charge on any atom is -0.497 e. The summed E-state index contributed by atoms with van der Waals surface area (Å²) in [6.45, 7) is 4.24. The molecule has 0 aliphatic carbocycles. The number of hydrogen-bond donors (Lipinski definition) is 1. The van der Waals surface area contributed by atoms with E-state index >= 15 is 0 Å². The summed E-state index contributed by atoms with van der Waals surface area (Å²) < 4.78 is 11.9. The SMILES string of the molecule is CCOc1ccc(Br)cc1CNCc1ccc(OC)cc1. The molecule has 112 valence electrons. The molecule has 4 heteroatoms. The van der Waals surface area contributed by atoms with Crippen LogP contribution in [0, 0.1) is 0 Å². The molecule has 2 rings (SSSR count). The Morgan fingerprint density at radius 2 is 1.81 bits per heavy atom. The summed E-state index contributed by atoms with van der Waals surface area (Å²) in [5.41, 5.74) is 2.38. The Bertz CT molecular complexity index is 570. The molecule has 0 amide bonds. The molecule has 3 nitrogen and oxygen atoms in total. The fourth-order valence-electron chi connectivity index (χ4n) is 2.07. The van der Waals surface area contributed by atoms with E-state index in [1.807, 2.05) is 31.2 Å². The van der Waals surface area contributed by atoms with E-state index in [4.69, 9.17) is 9.47 Å². The van der Waals surface area contributed by atoms with Gasteiger partial charge in [-0.15, -0.1) is 0 Å². The van der Waals surface area contributed by atoms with Gasteiger partial charge in [0, 0.05) is 23.1 Å². The number of hydrogen-bond acceptors (Lipinski definition) is 3. The van der Waals surface area contributed by atoms with Crippen LogP contribution in [0.25, 0.3) is 0 Å². The van der Waals surface area contributed by atoms with Crippen LogP contribution in [0.3, 0.4) is 0 Å². The van der Waals surface area contributed by atoms with Gasteiger partial charge >= 0.3 is 0 Å². The fourth-order valence-corrected chi connectivity index (χ4v) is 2.48. The van der Waals surface area contributed by atoms with Gasteiger partial charge in [0.1, 0.15) is 11.5 Å². The molecule has 0 unspecified atom stereocenters. The van der Waals surface area contributed by atoms with E-state index in [1.165, 1.54) is 5.56 Å². The molecule has 0 heterocycles. The quantitative estimate of drug-likeness (QED) is 0.814. The summed E-state index contributed by atoms with van der Waals surface area (Å²) in [7, 11) is 1.68. The first-order valence-electron chi connectivity index (χ1n) is 6.97. The van der Waals surface area contributed by atoms with Crippen LogP contribution in [0.5, 0.6) is 11.5 Å². The summed E-state index contributed by atoms with van der Waals surface area (Å²) in [5.74, 6) is 1.81. The van der Waals surface area contributed by atoms with Crippen molar-refractivity contribution in [3.05, 3.63) is 58.1 Å². The second-order valence-electron chi connectivity index (χ2n) is 4.64. The van der Waals surface area contributed by atoms with Crippen molar-refractivity contribution >= 4 is 15.9 Å². The second kappa shape index (κ2) is 8.05. The van der Waals surface area contributed by atoms with Crippen molar-refractivity contribution in [3.63, 3.8) is 0 Å². The van der Waals surface area contributed by atoms with Crippen molar-refractivity contribution < 1.29 is 9.47 Å². The zero-order valence-corrected chi connectivity index (χ0v) is 13.9. The average Bonchev–Trinajstić information content (AvgIpc) is 2.51. The molecule has 0 radical (unpaired) electrons. The van der Waals surface area contributed by atoms with Crippen LogP contribution >= 0.6 is 15.9 Å². The number of benzene rings is 2. The molecule has 0 saturated carbocycles. The van der Waals surface area contributed by atoms with Gasteiger partial charge in [-0.1, -0.05) is 28.1 Å². The highest BCUT2D eigenvalue weighted by molar-refractivity contribution is 9.10. The van der Waals surface area contributed by atoms with Crippen molar-refractivity contribution in [2.75, 3.05) is 13.7 Å². The third-order valence-corrected chi connectivity index (χ3v) is 3.62. The van der Waals surface area contributed by atoms with Gasteiger partial charge < -0.3 is 14.8 Å². The van der Waals surface area contributed by atoms with E-state index in [0.29, 0.717) is 6.61 Å². The molecule has 0 atom stereocenters. The summed E-state index contributed by atoms with van der Waals surface area (Å²) in [4.78, 5) is 0. The second-order valence-corrected chi connectivity index (χ2v) is 5.55. The molecule has 0 aromatic heterocycles. The largest absolute Gasteiger partial charge is 0.497 e. The maximum absolute atomic E-state index is 5.65. The Hall–Kier alpha value is -1.52. The third-order valence-electron chi connectivity index (χ3n) is 3.13. The normalized spacial score (nSPS) is 10.4. The molecule has 2 aromatic carbocycles. The number of rotatable bonds is 7. The maximum atomic E-state index is 5.65. The smallest absolute Gasteiger partial charge is 0.123 e. The Morgan fingerprint density at radius 3 is 2.48 bits per heavy atom. The Kier molecular flexibility index (Phi) is 6.08. The minimum atomic E-state index is 0.674. The first-order valence-corrected chi connectivity index (χ1v) is 7.77. The van der Waals surface area contributed by atoms with Gasteiger partial charge in [-0.25, -0.2) is 0 Å². The zero-order chi connectivity index (χ0) is 15.1. The zero-order valence-electron chi connectivity index (χ0n) is 12.4. The monoisotopic (exact) mass is 349 g/mol. The number of nitrogens with one attached hydrogen (secondary N) is 1. The molecule has 0 saturated heterocycles. The maximum Gasteiger partial charge on any atom is 0.123 e. The molecular weight excluding hydrogens is 330 g/mol. The molecule has 0 fully saturated rings. The highest BCUT2D eigenvalue weighted by atomic mass is 79.9. The first kappa shape index (κ1) is 15.9. The van der Waals surface area contributed by atoms with Gasteiger partial charge in [0.15, 0.2) is 0 Å². The van der Waals surface area contributed by atoms with E-state index in [-0.39, 0.29) is 0 Å². The van der Waals surface area contributed by atoms with Crippen LogP contribution in [0.2, 0.25) is 0 Å². The molecule has 2 aromatic rings. The molecule has 0 spiro atoms. The van der Waals surface area contributed by atoms with E-state index in [2.05, 4.69) is 39.4 Å². The van der Waals surface area contributed by atoms with Crippen LogP contribution in [0.1, 0.15) is 18.1 Å². The number of ether oxygens (including phenoxy) is 2. The highest BCUT2D eigenvalue weighted by Crippen LogP contribution is 2.23. The highest BCUT2D eigenvalue weighted by Gasteiger charge is 2.04. The molecule has 1 N–H and O–H groups in total. The standard InChI is InChI=1S/C17H20BrNO2/c1-3-21-17-9-6-15(18)10-14(17)12-19-11-13-4-7-16(20-2)8-5-13/h4-10,19H,3,11-12H2,1-2H3. The van der Waals surface area contributed by atoms with Crippen molar-refractivity contribution in [1.82, 2.24) is 5.32 Å². The van der Waals surface area contributed by atoms with Crippen molar-refractivity contribution in [2.24, 2.45) is 0 Å². The number of methoxy groups -OCH3 is 1. The van der Waals surface area contributed by atoms with Gasteiger partial charge in [-0.05, 0) is 42.8 Å². The fraction of sp³-hybridized carbons (Fsp3) is 0.294. The lowest BCUT2D eigenvalue weighted by molar-refractivity contribution is 0.335. The van der Waals surface area contributed by atoms with E-state index in [0.717, 1.165) is 34.6 Å². The van der Waals surface area contributed by atoms with Crippen molar-refractivity contribution in [3.8, 4) is 11.5 Å². The molecule has 0 bridgehead atoms. The topological polar surface area (TPSA) is 30.5 Å². The molecule has 0 aliphatic rings. The van der Waals surface area contributed by atoms with E-state index < -0.39 is 0 Å². The van der Waals surface area contributed by atoms with Gasteiger partial charge in [-0.2, -0.15) is 0 Å². The number of halogens is 1. The Balaban J connectivity index is 1.94. The van der Waals surface area contributed by atoms with Crippen molar-refractivity contribution in [1.29, 1.82) is 0 Å². The van der Waals surface area contributed by atoms with Crippen LogP contribution in [-0.2, 0) is 13.1 Å². The van der Waals surface area contributed by atoms with E-state index in [9.17, 15) is 0 Å². The van der Waals surface area contributed by atoms with Crippen LogP contribution in [0.4, 0.5) is 0 Å². The average molecular weight is 350 g/mol. The molecule has 21 heavy (non-hydrogen) atoms. The molecular formula is C17H20BrNO2. The Labute approximate surface area is 134 Å². The first-order chi connectivity index (χ1) is 10.2. The summed E-state index contributed by atoms with van der Waals surface area (Å²) >= 11 is 3.50. The lowest BCUT2D eigenvalue weighted by atomic mass is 10.2. The predicted octanol–water partition coefficient (Wildman–Crippen LogP) is 4.15. The van der Waals surface area contributed by atoms with E-state index in [1.54, 1.807) is 7.11 Å². The van der Waals surface area contributed by atoms with Crippen LogP contribution < -0.4 is 14.8 Å². The van der Waals surface area contributed by atoms with Crippen molar-refractivity contribution in [2.45, 2.75) is 20.0 Å².